The molecule has 1 aliphatic heterocycles. The first-order chi connectivity index (χ1) is 11.2. The van der Waals surface area contributed by atoms with Gasteiger partial charge in [0.05, 0.1) is 17.5 Å². The Morgan fingerprint density at radius 1 is 1.26 bits per heavy atom. The number of aromatic nitrogens is 6. The topological polar surface area (TPSA) is 92.1 Å². The molecule has 0 spiro atoms. The van der Waals surface area contributed by atoms with Crippen LogP contribution in [0.3, 0.4) is 0 Å². The zero-order chi connectivity index (χ0) is 15.8. The molecule has 3 aromatic heterocycles. The number of amides is 1. The summed E-state index contributed by atoms with van der Waals surface area (Å²) in [5, 5.41) is 19.5. The van der Waals surface area contributed by atoms with Gasteiger partial charge in [-0.2, -0.15) is 14.7 Å². The zero-order valence-corrected chi connectivity index (χ0v) is 12.8. The third-order valence-corrected chi connectivity index (χ3v) is 4.31. The molecule has 0 bridgehead atoms. The average Bonchev–Trinajstić information content (AvgIpc) is 3.24. The number of nitrogens with zero attached hydrogens (tertiary/aromatic N) is 6. The maximum absolute atomic E-state index is 12.3. The van der Waals surface area contributed by atoms with Crippen molar-refractivity contribution in [2.24, 2.45) is 0 Å². The predicted octanol–water partition coefficient (Wildman–Crippen LogP) is 1.18. The first kappa shape index (κ1) is 13.9. The van der Waals surface area contributed by atoms with Crippen molar-refractivity contribution in [2.75, 3.05) is 13.1 Å². The van der Waals surface area contributed by atoms with Crippen LogP contribution in [-0.2, 0) is 0 Å². The fraction of sp³-hybridized carbons (Fsp3) is 0.400. The molecule has 3 aromatic rings. The van der Waals surface area contributed by atoms with Gasteiger partial charge in [0.1, 0.15) is 0 Å². The molecule has 0 aliphatic carbocycles. The molecule has 1 saturated heterocycles. The van der Waals surface area contributed by atoms with Gasteiger partial charge in [-0.25, -0.2) is 0 Å². The minimum Gasteiger partial charge on any atom is -0.339 e. The van der Waals surface area contributed by atoms with Crippen LogP contribution in [0.25, 0.3) is 5.65 Å². The largest absolute Gasteiger partial charge is 0.339 e. The Labute approximate surface area is 132 Å². The van der Waals surface area contributed by atoms with Crippen molar-refractivity contribution in [1.82, 2.24) is 34.9 Å². The Bertz CT molecular complexity index is 831. The van der Waals surface area contributed by atoms with Crippen LogP contribution >= 0.6 is 0 Å². The molecule has 4 heterocycles. The molecule has 118 valence electrons. The maximum atomic E-state index is 12.3. The summed E-state index contributed by atoms with van der Waals surface area (Å²) in [5.74, 6) is 1.18. The van der Waals surface area contributed by atoms with E-state index in [4.69, 9.17) is 0 Å². The van der Waals surface area contributed by atoms with E-state index < -0.39 is 0 Å². The number of fused-ring (bicyclic) bond motifs is 1. The lowest BCUT2D eigenvalue weighted by Gasteiger charge is -2.30. The third-order valence-electron chi connectivity index (χ3n) is 4.31. The number of aromatic amines is 1. The molecule has 0 atom stereocenters. The number of hydrogen-bond donors (Lipinski definition) is 1. The molecule has 23 heavy (non-hydrogen) atoms. The summed E-state index contributed by atoms with van der Waals surface area (Å²) in [6.45, 7) is 3.36. The summed E-state index contributed by atoms with van der Waals surface area (Å²) in [4.78, 5) is 14.2. The lowest BCUT2D eigenvalue weighted by molar-refractivity contribution is 0.0710. The highest BCUT2D eigenvalue weighted by atomic mass is 16.2. The number of carbonyl (C=O) groups is 1. The summed E-state index contributed by atoms with van der Waals surface area (Å²) in [7, 11) is 0. The van der Waals surface area contributed by atoms with Crippen LogP contribution in [0.2, 0.25) is 0 Å². The molecule has 0 aromatic carbocycles. The zero-order valence-electron chi connectivity index (χ0n) is 12.8. The summed E-state index contributed by atoms with van der Waals surface area (Å²) in [6.07, 6.45) is 4.92. The highest BCUT2D eigenvalue weighted by molar-refractivity contribution is 5.93. The Hall–Kier alpha value is -2.77. The lowest BCUT2D eigenvalue weighted by atomic mass is 9.96. The van der Waals surface area contributed by atoms with Crippen LogP contribution in [0.5, 0.6) is 0 Å². The standard InChI is InChI=1S/C15H17N7O/c1-10-2-3-13-18-19-14(22(13)20-10)11-4-6-21(7-5-11)15(23)12-8-16-17-9-12/h2-3,8-9,11H,4-7H2,1H3,(H,16,17). The smallest absolute Gasteiger partial charge is 0.257 e. The summed E-state index contributed by atoms with van der Waals surface area (Å²) >= 11 is 0. The van der Waals surface area contributed by atoms with E-state index in [1.54, 1.807) is 12.4 Å². The number of nitrogens with one attached hydrogen (secondary N) is 1. The SMILES string of the molecule is Cc1ccc2nnc(C3CCN(C(=O)c4cn[nH]c4)CC3)n2n1. The first-order valence-corrected chi connectivity index (χ1v) is 7.69. The molecule has 0 radical (unpaired) electrons. The molecular weight excluding hydrogens is 294 g/mol. The highest BCUT2D eigenvalue weighted by Gasteiger charge is 2.28. The van der Waals surface area contributed by atoms with Gasteiger partial charge in [0.15, 0.2) is 11.5 Å². The maximum Gasteiger partial charge on any atom is 0.257 e. The second-order valence-corrected chi connectivity index (χ2v) is 5.86. The number of likely N-dealkylation sites (tertiary alicyclic amines) is 1. The number of rotatable bonds is 2. The van der Waals surface area contributed by atoms with Gasteiger partial charge in [-0.05, 0) is 31.9 Å². The molecular formula is C15H17N7O. The fourth-order valence-electron chi connectivity index (χ4n) is 3.04. The average molecular weight is 311 g/mol. The molecule has 8 heteroatoms. The highest BCUT2D eigenvalue weighted by Crippen LogP contribution is 2.27. The van der Waals surface area contributed by atoms with Gasteiger partial charge in [-0.1, -0.05) is 0 Å². The Kier molecular flexibility index (Phi) is 3.29. The van der Waals surface area contributed by atoms with Crippen molar-refractivity contribution in [2.45, 2.75) is 25.7 Å². The summed E-state index contributed by atoms with van der Waals surface area (Å²) in [6, 6.07) is 3.86. The molecule has 1 amide bonds. The van der Waals surface area contributed by atoms with Crippen LogP contribution in [0, 0.1) is 6.92 Å². The Balaban J connectivity index is 1.51. The Morgan fingerprint density at radius 2 is 2.09 bits per heavy atom. The van der Waals surface area contributed by atoms with E-state index in [2.05, 4.69) is 25.5 Å². The van der Waals surface area contributed by atoms with Crippen LogP contribution in [0.15, 0.2) is 24.5 Å². The number of piperidine rings is 1. The molecule has 0 unspecified atom stereocenters. The van der Waals surface area contributed by atoms with Crippen LogP contribution < -0.4 is 0 Å². The van der Waals surface area contributed by atoms with Gasteiger partial charge in [-0.3, -0.25) is 9.89 Å². The van der Waals surface area contributed by atoms with E-state index in [0.29, 0.717) is 18.7 Å². The van der Waals surface area contributed by atoms with Crippen molar-refractivity contribution in [3.05, 3.63) is 41.6 Å². The molecule has 1 aliphatic rings. The van der Waals surface area contributed by atoms with E-state index >= 15 is 0 Å². The number of hydrogen-bond acceptors (Lipinski definition) is 5. The van der Waals surface area contributed by atoms with E-state index in [1.807, 2.05) is 28.5 Å². The minimum atomic E-state index is 0.0253. The predicted molar refractivity (Wildman–Crippen MR) is 82.0 cm³/mol. The van der Waals surface area contributed by atoms with Gasteiger partial charge in [0, 0.05) is 25.2 Å². The molecule has 4 rings (SSSR count). The van der Waals surface area contributed by atoms with Crippen LogP contribution in [0.4, 0.5) is 0 Å². The van der Waals surface area contributed by atoms with Gasteiger partial charge in [0.25, 0.3) is 5.91 Å². The van der Waals surface area contributed by atoms with Gasteiger partial charge in [0.2, 0.25) is 0 Å². The Morgan fingerprint density at radius 3 is 2.83 bits per heavy atom. The van der Waals surface area contributed by atoms with Crippen molar-refractivity contribution < 1.29 is 4.79 Å². The van der Waals surface area contributed by atoms with Crippen molar-refractivity contribution in [1.29, 1.82) is 0 Å². The summed E-state index contributed by atoms with van der Waals surface area (Å²) in [5.41, 5.74) is 2.31. The summed E-state index contributed by atoms with van der Waals surface area (Å²) < 4.78 is 1.83. The van der Waals surface area contributed by atoms with Gasteiger partial charge in [-0.15, -0.1) is 10.2 Å². The van der Waals surface area contributed by atoms with Gasteiger partial charge < -0.3 is 4.90 Å². The molecule has 1 fully saturated rings. The normalized spacial score (nSPS) is 16.1. The van der Waals surface area contributed by atoms with Crippen molar-refractivity contribution in [3.8, 4) is 0 Å². The quantitative estimate of drug-likeness (QED) is 0.767. The van der Waals surface area contributed by atoms with E-state index in [0.717, 1.165) is 30.0 Å². The van der Waals surface area contributed by atoms with Crippen LogP contribution in [0.1, 0.15) is 40.6 Å². The number of aryl methyl sites for hydroxylation is 1. The number of H-pyrrole nitrogens is 1. The van der Waals surface area contributed by atoms with E-state index in [9.17, 15) is 4.79 Å². The molecule has 0 saturated carbocycles. The third kappa shape index (κ3) is 2.45. The van der Waals surface area contributed by atoms with E-state index in [-0.39, 0.29) is 11.8 Å². The second kappa shape index (κ2) is 5.45. The minimum absolute atomic E-state index is 0.0253. The first-order valence-electron chi connectivity index (χ1n) is 7.69. The van der Waals surface area contributed by atoms with Gasteiger partial charge >= 0.3 is 0 Å². The monoisotopic (exact) mass is 311 g/mol. The lowest BCUT2D eigenvalue weighted by Crippen LogP contribution is -2.38. The number of carbonyl (C=O) groups excluding carboxylic acids is 1. The molecule has 8 nitrogen and oxygen atoms in total. The van der Waals surface area contributed by atoms with Crippen molar-refractivity contribution >= 4 is 11.6 Å². The second-order valence-electron chi connectivity index (χ2n) is 5.86. The fourth-order valence-corrected chi connectivity index (χ4v) is 3.04. The molecule has 1 N–H and O–H groups in total. The van der Waals surface area contributed by atoms with E-state index in [1.165, 1.54) is 0 Å². The van der Waals surface area contributed by atoms with Crippen molar-refractivity contribution in [3.63, 3.8) is 0 Å². The van der Waals surface area contributed by atoms with Crippen LogP contribution in [-0.4, -0.2) is 53.9 Å².